The number of nitrogens with one attached hydrogen (secondary N) is 1. The maximum absolute atomic E-state index is 14.4. The summed E-state index contributed by atoms with van der Waals surface area (Å²) in [5, 5.41) is 3.27. The minimum atomic E-state index is -4.18. The van der Waals surface area contributed by atoms with E-state index in [2.05, 4.69) is 5.32 Å². The van der Waals surface area contributed by atoms with E-state index in [0.717, 1.165) is 26.6 Å². The highest BCUT2D eigenvalue weighted by Gasteiger charge is 2.34. The van der Waals surface area contributed by atoms with Gasteiger partial charge in [0.15, 0.2) is 0 Å². The number of anilines is 1. The number of likely N-dealkylation sites (N-methyl/N-ethyl adjacent to an activating group) is 1. The number of nitrogens with zero attached hydrogens (tertiary/aromatic N) is 2. The summed E-state index contributed by atoms with van der Waals surface area (Å²) in [6.07, 6.45) is 0.263. The van der Waals surface area contributed by atoms with Crippen LogP contribution in [0.2, 0.25) is 5.02 Å². The Morgan fingerprint density at radius 2 is 1.49 bits per heavy atom. The molecule has 4 aromatic rings. The monoisotopic (exact) mass is 617 g/mol. The molecule has 9 heteroatoms. The Hall–Kier alpha value is -4.14. The second-order valence-corrected chi connectivity index (χ2v) is 12.7. The molecule has 0 bridgehead atoms. The zero-order valence-electron chi connectivity index (χ0n) is 24.5. The van der Waals surface area contributed by atoms with Gasteiger partial charge >= 0.3 is 0 Å². The smallest absolute Gasteiger partial charge is 0.264 e. The van der Waals surface area contributed by atoms with Gasteiger partial charge in [0, 0.05) is 24.5 Å². The van der Waals surface area contributed by atoms with Crippen molar-refractivity contribution >= 4 is 39.1 Å². The fourth-order valence-corrected chi connectivity index (χ4v) is 6.31. The van der Waals surface area contributed by atoms with E-state index in [1.54, 1.807) is 18.2 Å². The van der Waals surface area contributed by atoms with Crippen molar-refractivity contribution in [1.29, 1.82) is 0 Å². The van der Waals surface area contributed by atoms with Crippen LogP contribution in [0.25, 0.3) is 0 Å². The summed E-state index contributed by atoms with van der Waals surface area (Å²) in [6.45, 7) is 5.65. The first-order valence-corrected chi connectivity index (χ1v) is 15.9. The highest BCUT2D eigenvalue weighted by Crippen LogP contribution is 2.26. The highest BCUT2D eigenvalue weighted by atomic mass is 35.5. The van der Waals surface area contributed by atoms with Crippen LogP contribution in [0, 0.1) is 13.8 Å². The Bertz CT molecular complexity index is 1640. The topological polar surface area (TPSA) is 86.8 Å². The number of rotatable bonds is 12. The van der Waals surface area contributed by atoms with Crippen LogP contribution in [-0.4, -0.2) is 44.3 Å². The lowest BCUT2D eigenvalue weighted by molar-refractivity contribution is -0.140. The van der Waals surface area contributed by atoms with E-state index in [1.807, 2.05) is 81.4 Å². The first-order chi connectivity index (χ1) is 20.6. The van der Waals surface area contributed by atoms with Gasteiger partial charge in [-0.2, -0.15) is 0 Å². The molecule has 7 nitrogen and oxygen atoms in total. The first-order valence-electron chi connectivity index (χ1n) is 14.1. The zero-order valence-corrected chi connectivity index (χ0v) is 26.1. The molecule has 0 spiro atoms. The molecule has 1 unspecified atom stereocenters. The Labute approximate surface area is 259 Å². The van der Waals surface area contributed by atoms with E-state index in [-0.39, 0.29) is 23.8 Å². The summed E-state index contributed by atoms with van der Waals surface area (Å²) in [5.41, 5.74) is 3.94. The molecule has 4 rings (SSSR count). The minimum absolute atomic E-state index is 0.000789. The van der Waals surface area contributed by atoms with Gasteiger partial charge < -0.3 is 10.2 Å². The van der Waals surface area contributed by atoms with Gasteiger partial charge in [-0.25, -0.2) is 8.42 Å². The number of carbonyl (C=O) groups excluding carboxylic acids is 2. The molecule has 1 atom stereocenters. The zero-order chi connectivity index (χ0) is 31.0. The average molecular weight is 618 g/mol. The molecule has 0 fully saturated rings. The quantitative estimate of drug-likeness (QED) is 0.214. The minimum Gasteiger partial charge on any atom is -0.355 e. The summed E-state index contributed by atoms with van der Waals surface area (Å²) < 4.78 is 29.2. The number of amides is 2. The lowest BCUT2D eigenvalue weighted by atomic mass is 10.0. The largest absolute Gasteiger partial charge is 0.355 e. The van der Waals surface area contributed by atoms with E-state index < -0.39 is 28.5 Å². The first kappa shape index (κ1) is 31.8. The van der Waals surface area contributed by atoms with E-state index in [9.17, 15) is 18.0 Å². The predicted octanol–water partition coefficient (Wildman–Crippen LogP) is 5.93. The Balaban J connectivity index is 1.79. The van der Waals surface area contributed by atoms with Gasteiger partial charge in [0.2, 0.25) is 11.8 Å². The summed E-state index contributed by atoms with van der Waals surface area (Å²) in [7, 11) is -4.18. The molecular weight excluding hydrogens is 582 g/mol. The van der Waals surface area contributed by atoms with E-state index >= 15 is 0 Å². The molecule has 0 heterocycles. The number of hydrogen-bond donors (Lipinski definition) is 1. The molecule has 43 heavy (non-hydrogen) atoms. The normalized spacial score (nSPS) is 11.9. The van der Waals surface area contributed by atoms with Crippen LogP contribution in [0.15, 0.2) is 108 Å². The number of sulfonamides is 1. The molecule has 224 valence electrons. The number of aryl methyl sites for hydroxylation is 2. The fraction of sp³-hybridized carbons (Fsp3) is 0.235. The molecular formula is C34H36ClN3O4S. The van der Waals surface area contributed by atoms with Crippen molar-refractivity contribution in [3.8, 4) is 0 Å². The maximum atomic E-state index is 14.4. The van der Waals surface area contributed by atoms with Crippen molar-refractivity contribution in [1.82, 2.24) is 10.2 Å². The van der Waals surface area contributed by atoms with Crippen LogP contribution >= 0.6 is 11.6 Å². The molecule has 1 N–H and O–H groups in total. The van der Waals surface area contributed by atoms with Crippen molar-refractivity contribution < 1.29 is 18.0 Å². The Morgan fingerprint density at radius 1 is 0.814 bits per heavy atom. The van der Waals surface area contributed by atoms with Gasteiger partial charge in [0.25, 0.3) is 10.0 Å². The van der Waals surface area contributed by atoms with Gasteiger partial charge in [0.1, 0.15) is 12.6 Å². The summed E-state index contributed by atoms with van der Waals surface area (Å²) >= 11 is 6.04. The number of halogens is 1. The molecule has 0 aliphatic heterocycles. The Kier molecular flexibility index (Phi) is 10.6. The molecule has 2 amide bonds. The molecule has 0 aliphatic carbocycles. The third-order valence-corrected chi connectivity index (χ3v) is 9.11. The summed E-state index contributed by atoms with van der Waals surface area (Å²) in [6, 6.07) is 29.1. The maximum Gasteiger partial charge on any atom is 0.264 e. The SMILES string of the molecule is CCNC(=O)C(Cc1ccccc1)N(Cc1ccc(C)cc1)C(=O)CN(c1cccc(C)c1)S(=O)(=O)c1ccc(Cl)cc1. The van der Waals surface area contributed by atoms with Crippen molar-refractivity contribution in [2.24, 2.45) is 0 Å². The van der Waals surface area contributed by atoms with Gasteiger partial charge in [-0.1, -0.05) is 83.9 Å². The number of benzene rings is 4. The number of carbonyl (C=O) groups is 2. The van der Waals surface area contributed by atoms with Gasteiger partial charge in [-0.15, -0.1) is 0 Å². The van der Waals surface area contributed by atoms with Gasteiger partial charge in [-0.05, 0) is 73.9 Å². The van der Waals surface area contributed by atoms with Crippen LogP contribution in [0.1, 0.15) is 29.2 Å². The van der Waals surface area contributed by atoms with Crippen LogP contribution < -0.4 is 9.62 Å². The summed E-state index contributed by atoms with van der Waals surface area (Å²) in [4.78, 5) is 29.4. The Morgan fingerprint density at radius 3 is 2.12 bits per heavy atom. The molecule has 0 aliphatic rings. The van der Waals surface area contributed by atoms with E-state index in [0.29, 0.717) is 17.3 Å². The highest BCUT2D eigenvalue weighted by molar-refractivity contribution is 7.92. The summed E-state index contributed by atoms with van der Waals surface area (Å²) in [5.74, 6) is -0.818. The van der Waals surface area contributed by atoms with E-state index in [1.165, 1.54) is 29.2 Å². The second kappa shape index (κ2) is 14.4. The van der Waals surface area contributed by atoms with Crippen molar-refractivity contribution in [2.75, 3.05) is 17.4 Å². The fourth-order valence-electron chi connectivity index (χ4n) is 4.78. The molecule has 0 saturated heterocycles. The van der Waals surface area contributed by atoms with Crippen molar-refractivity contribution in [2.45, 2.75) is 44.7 Å². The van der Waals surface area contributed by atoms with Gasteiger partial charge in [-0.3, -0.25) is 13.9 Å². The van der Waals surface area contributed by atoms with Crippen molar-refractivity contribution in [3.05, 3.63) is 130 Å². The molecule has 0 saturated carbocycles. The molecule has 0 radical (unpaired) electrons. The lowest BCUT2D eigenvalue weighted by Crippen LogP contribution is -2.53. The van der Waals surface area contributed by atoms with Crippen molar-refractivity contribution in [3.63, 3.8) is 0 Å². The second-order valence-electron chi connectivity index (χ2n) is 10.4. The third-order valence-electron chi connectivity index (χ3n) is 7.07. The predicted molar refractivity (Wildman–Crippen MR) is 172 cm³/mol. The van der Waals surface area contributed by atoms with E-state index in [4.69, 9.17) is 11.6 Å². The van der Waals surface area contributed by atoms with Crippen LogP contribution in [0.5, 0.6) is 0 Å². The lowest BCUT2D eigenvalue weighted by Gasteiger charge is -2.34. The van der Waals surface area contributed by atoms with Gasteiger partial charge in [0.05, 0.1) is 10.6 Å². The average Bonchev–Trinajstić information content (AvgIpc) is 2.99. The van der Waals surface area contributed by atoms with Crippen LogP contribution in [0.4, 0.5) is 5.69 Å². The molecule has 4 aromatic carbocycles. The van der Waals surface area contributed by atoms with Crippen LogP contribution in [-0.2, 0) is 32.6 Å². The van der Waals surface area contributed by atoms with Crippen LogP contribution in [0.3, 0.4) is 0 Å². The molecule has 0 aromatic heterocycles. The standard InChI is InChI=1S/C34H36ClN3O4S/c1-4-36-34(40)32(22-27-10-6-5-7-11-27)37(23-28-15-13-25(2)14-16-28)33(39)24-38(30-12-8-9-26(3)21-30)43(41,42)31-19-17-29(35)18-20-31/h5-21,32H,4,22-24H2,1-3H3,(H,36,40). The number of hydrogen-bond acceptors (Lipinski definition) is 4. The third kappa shape index (κ3) is 8.24.